The van der Waals surface area contributed by atoms with Crippen LogP contribution in [0.3, 0.4) is 0 Å². The molecule has 0 amide bonds. The van der Waals surface area contributed by atoms with Crippen molar-refractivity contribution >= 4 is 11.4 Å². The van der Waals surface area contributed by atoms with E-state index in [0.717, 1.165) is 6.42 Å². The molecule has 0 atom stereocenters. The summed E-state index contributed by atoms with van der Waals surface area (Å²) in [4.78, 5) is 0. The number of hydrogen-bond donors (Lipinski definition) is 0. The smallest absolute Gasteiger partial charge is 0.142 e. The maximum atomic E-state index is 14.1. The van der Waals surface area contributed by atoms with Crippen LogP contribution in [0.25, 0.3) is 0 Å². The third-order valence-corrected chi connectivity index (χ3v) is 4.12. The second kappa shape index (κ2) is 9.39. The van der Waals surface area contributed by atoms with Crippen molar-refractivity contribution in [3.8, 4) is 17.9 Å². The number of rotatable bonds is 4. The average Bonchev–Trinajstić information content (AvgIpc) is 2.73. The lowest BCUT2D eigenvalue weighted by atomic mass is 10.1. The SMILES string of the molecule is CCCc1cc(F)c(C#Cc2ccc(N=Nc3ccc(C#N)cc3)cc2)c(F)c1. The van der Waals surface area contributed by atoms with Crippen molar-refractivity contribution in [2.45, 2.75) is 19.8 Å². The Kier molecular flexibility index (Phi) is 6.45. The molecule has 0 aliphatic rings. The van der Waals surface area contributed by atoms with E-state index in [1.807, 2.05) is 13.0 Å². The zero-order valence-corrected chi connectivity index (χ0v) is 15.8. The van der Waals surface area contributed by atoms with E-state index in [4.69, 9.17) is 5.26 Å². The van der Waals surface area contributed by atoms with E-state index in [0.29, 0.717) is 34.5 Å². The third-order valence-electron chi connectivity index (χ3n) is 4.12. The number of benzene rings is 3. The standard InChI is InChI=1S/C24H17F2N3/c1-2-3-19-14-23(25)22(24(26)15-19)13-8-17-4-9-20(10-5-17)28-29-21-11-6-18(16-27)7-12-21/h4-7,9-12,14-15H,2-3H2,1H3. The zero-order valence-electron chi connectivity index (χ0n) is 15.8. The molecule has 5 heteroatoms. The molecular formula is C24H17F2N3. The highest BCUT2D eigenvalue weighted by Gasteiger charge is 2.08. The molecule has 0 unspecified atom stereocenters. The Bertz CT molecular complexity index is 1110. The summed E-state index contributed by atoms with van der Waals surface area (Å²) >= 11 is 0. The molecular weight excluding hydrogens is 368 g/mol. The molecule has 0 radical (unpaired) electrons. The Labute approximate surface area is 168 Å². The first-order chi connectivity index (χ1) is 14.1. The van der Waals surface area contributed by atoms with Gasteiger partial charge < -0.3 is 0 Å². The largest absolute Gasteiger partial charge is 0.206 e. The quantitative estimate of drug-likeness (QED) is 0.368. The molecule has 3 aromatic rings. The van der Waals surface area contributed by atoms with Crippen molar-refractivity contribution in [2.24, 2.45) is 10.2 Å². The Morgan fingerprint density at radius 2 is 1.31 bits per heavy atom. The van der Waals surface area contributed by atoms with E-state index in [1.165, 1.54) is 12.1 Å². The number of nitriles is 1. The first kappa shape index (κ1) is 19.9. The molecule has 0 spiro atoms. The summed E-state index contributed by atoms with van der Waals surface area (Å²) in [6, 6.07) is 18.3. The van der Waals surface area contributed by atoms with E-state index in [9.17, 15) is 8.78 Å². The van der Waals surface area contributed by atoms with Gasteiger partial charge in [-0.3, -0.25) is 0 Å². The van der Waals surface area contributed by atoms with Crippen molar-refractivity contribution in [2.75, 3.05) is 0 Å². The lowest BCUT2D eigenvalue weighted by molar-refractivity contribution is 0.573. The van der Waals surface area contributed by atoms with Crippen LogP contribution in [-0.4, -0.2) is 0 Å². The minimum absolute atomic E-state index is 0.227. The Morgan fingerprint density at radius 3 is 1.79 bits per heavy atom. The zero-order chi connectivity index (χ0) is 20.6. The van der Waals surface area contributed by atoms with Crippen molar-refractivity contribution in [1.82, 2.24) is 0 Å². The first-order valence-electron chi connectivity index (χ1n) is 9.11. The van der Waals surface area contributed by atoms with Gasteiger partial charge >= 0.3 is 0 Å². The van der Waals surface area contributed by atoms with Crippen LogP contribution in [-0.2, 0) is 6.42 Å². The second-order valence-corrected chi connectivity index (χ2v) is 6.34. The number of nitrogens with zero attached hydrogens (tertiary/aromatic N) is 3. The highest BCUT2D eigenvalue weighted by molar-refractivity contribution is 5.49. The van der Waals surface area contributed by atoms with Crippen LogP contribution in [0.15, 0.2) is 70.9 Å². The normalized spacial score (nSPS) is 10.4. The predicted molar refractivity (Wildman–Crippen MR) is 108 cm³/mol. The summed E-state index contributed by atoms with van der Waals surface area (Å²) in [5.41, 5.74) is 2.81. The summed E-state index contributed by atoms with van der Waals surface area (Å²) < 4.78 is 28.2. The molecule has 0 aliphatic carbocycles. The van der Waals surface area contributed by atoms with Gasteiger partial charge in [-0.25, -0.2) is 8.78 Å². The van der Waals surface area contributed by atoms with Gasteiger partial charge in [0, 0.05) is 5.56 Å². The van der Waals surface area contributed by atoms with Crippen molar-refractivity contribution in [1.29, 1.82) is 5.26 Å². The molecule has 142 valence electrons. The van der Waals surface area contributed by atoms with Gasteiger partial charge in [-0.1, -0.05) is 25.2 Å². The molecule has 29 heavy (non-hydrogen) atoms. The van der Waals surface area contributed by atoms with Gasteiger partial charge in [-0.05, 0) is 72.6 Å². The Hall–Kier alpha value is -3.83. The topological polar surface area (TPSA) is 48.5 Å². The van der Waals surface area contributed by atoms with Gasteiger partial charge in [0.05, 0.1) is 28.6 Å². The molecule has 3 nitrogen and oxygen atoms in total. The molecule has 0 aromatic heterocycles. The molecule has 0 fully saturated rings. The van der Waals surface area contributed by atoms with E-state index in [-0.39, 0.29) is 5.56 Å². The molecule has 3 aromatic carbocycles. The summed E-state index contributed by atoms with van der Waals surface area (Å²) in [5.74, 6) is 4.06. The number of azo groups is 1. The van der Waals surface area contributed by atoms with E-state index in [1.54, 1.807) is 48.5 Å². The third kappa shape index (κ3) is 5.34. The van der Waals surface area contributed by atoms with Crippen LogP contribution >= 0.6 is 0 Å². The Balaban J connectivity index is 1.73. The summed E-state index contributed by atoms with van der Waals surface area (Å²) in [7, 11) is 0. The maximum Gasteiger partial charge on any atom is 0.142 e. The monoisotopic (exact) mass is 385 g/mol. The van der Waals surface area contributed by atoms with E-state index < -0.39 is 11.6 Å². The van der Waals surface area contributed by atoms with Crippen LogP contribution < -0.4 is 0 Å². The molecule has 0 heterocycles. The fraction of sp³-hybridized carbons (Fsp3) is 0.125. The number of hydrogen-bond acceptors (Lipinski definition) is 3. The van der Waals surface area contributed by atoms with Crippen LogP contribution in [0, 0.1) is 34.8 Å². The highest BCUT2D eigenvalue weighted by atomic mass is 19.1. The van der Waals surface area contributed by atoms with E-state index in [2.05, 4.69) is 22.1 Å². The molecule has 0 bridgehead atoms. The van der Waals surface area contributed by atoms with Crippen LogP contribution in [0.4, 0.5) is 20.2 Å². The summed E-state index contributed by atoms with van der Waals surface area (Å²) in [6.45, 7) is 1.96. The average molecular weight is 385 g/mol. The van der Waals surface area contributed by atoms with Gasteiger partial charge in [0.2, 0.25) is 0 Å². The fourth-order valence-electron chi connectivity index (χ4n) is 2.64. The van der Waals surface area contributed by atoms with Crippen molar-refractivity contribution in [3.05, 3.63) is 94.6 Å². The van der Waals surface area contributed by atoms with Gasteiger partial charge in [0.1, 0.15) is 11.6 Å². The van der Waals surface area contributed by atoms with Crippen LogP contribution in [0.1, 0.15) is 35.6 Å². The van der Waals surface area contributed by atoms with Crippen molar-refractivity contribution in [3.63, 3.8) is 0 Å². The fourth-order valence-corrected chi connectivity index (χ4v) is 2.64. The second-order valence-electron chi connectivity index (χ2n) is 6.34. The van der Waals surface area contributed by atoms with Crippen LogP contribution in [0.5, 0.6) is 0 Å². The van der Waals surface area contributed by atoms with Gasteiger partial charge in [-0.15, -0.1) is 0 Å². The summed E-state index contributed by atoms with van der Waals surface area (Å²) in [6.07, 6.45) is 1.44. The van der Waals surface area contributed by atoms with E-state index >= 15 is 0 Å². The molecule has 0 saturated carbocycles. The lowest BCUT2D eigenvalue weighted by Gasteiger charge is -2.02. The number of aryl methyl sites for hydroxylation is 1. The van der Waals surface area contributed by atoms with Gasteiger partial charge in [0.15, 0.2) is 0 Å². The number of halogens is 2. The Morgan fingerprint density at radius 1 is 0.793 bits per heavy atom. The molecule has 0 aliphatic heterocycles. The lowest BCUT2D eigenvalue weighted by Crippen LogP contribution is -1.94. The predicted octanol–water partition coefficient (Wildman–Crippen LogP) is 6.60. The van der Waals surface area contributed by atoms with Gasteiger partial charge in [0.25, 0.3) is 0 Å². The first-order valence-corrected chi connectivity index (χ1v) is 9.11. The minimum Gasteiger partial charge on any atom is -0.206 e. The molecule has 3 rings (SSSR count). The van der Waals surface area contributed by atoms with Crippen LogP contribution in [0.2, 0.25) is 0 Å². The highest BCUT2D eigenvalue weighted by Crippen LogP contribution is 2.19. The molecule has 0 saturated heterocycles. The van der Waals surface area contributed by atoms with Gasteiger partial charge in [-0.2, -0.15) is 15.5 Å². The molecule has 0 N–H and O–H groups in total. The van der Waals surface area contributed by atoms with Crippen molar-refractivity contribution < 1.29 is 8.78 Å². The maximum absolute atomic E-state index is 14.1. The minimum atomic E-state index is -0.645. The summed E-state index contributed by atoms with van der Waals surface area (Å²) in [5, 5.41) is 17.0.